The van der Waals surface area contributed by atoms with Crippen LogP contribution in [0.3, 0.4) is 0 Å². The highest BCUT2D eigenvalue weighted by Crippen LogP contribution is 2.29. The van der Waals surface area contributed by atoms with Gasteiger partial charge in [0.1, 0.15) is 5.58 Å². The number of carbonyl (C=O) groups excluding carboxylic acids is 2. The minimum absolute atomic E-state index is 0.331. The molecule has 1 aromatic carbocycles. The first-order valence-corrected chi connectivity index (χ1v) is 7.72. The van der Waals surface area contributed by atoms with Crippen LogP contribution in [0.25, 0.3) is 11.0 Å². The summed E-state index contributed by atoms with van der Waals surface area (Å²) in [6, 6.07) is 7.58. The van der Waals surface area contributed by atoms with Crippen molar-refractivity contribution < 1.29 is 18.7 Å². The van der Waals surface area contributed by atoms with Gasteiger partial charge in [-0.15, -0.1) is 0 Å². The molecule has 0 saturated heterocycles. The number of hydrogen-bond acceptors (Lipinski definition) is 4. The molecule has 5 nitrogen and oxygen atoms in total. The van der Waals surface area contributed by atoms with E-state index in [2.05, 4.69) is 5.32 Å². The molecule has 0 bridgehead atoms. The van der Waals surface area contributed by atoms with Gasteiger partial charge in [0.2, 0.25) is 6.10 Å². The number of benzene rings is 1. The molecule has 0 aliphatic rings. The highest BCUT2D eigenvalue weighted by molar-refractivity contribution is 5.87. The Labute approximate surface area is 136 Å². The van der Waals surface area contributed by atoms with E-state index in [0.29, 0.717) is 5.76 Å². The molecule has 0 fully saturated rings. The number of para-hydroxylation sites is 1. The van der Waals surface area contributed by atoms with E-state index < -0.39 is 23.5 Å². The number of fused-ring (bicyclic) bond motifs is 1. The van der Waals surface area contributed by atoms with Crippen molar-refractivity contribution in [1.82, 2.24) is 5.32 Å². The summed E-state index contributed by atoms with van der Waals surface area (Å²) >= 11 is 0. The Morgan fingerprint density at radius 2 is 2.00 bits per heavy atom. The number of esters is 1. The van der Waals surface area contributed by atoms with Crippen LogP contribution in [0.1, 0.15) is 52.0 Å². The van der Waals surface area contributed by atoms with Gasteiger partial charge in [-0.05, 0) is 38.8 Å². The lowest BCUT2D eigenvalue weighted by atomic mass is 10.1. The molecule has 124 valence electrons. The van der Waals surface area contributed by atoms with E-state index in [1.807, 2.05) is 45.9 Å². The van der Waals surface area contributed by atoms with Crippen molar-refractivity contribution >= 4 is 22.8 Å². The second kappa shape index (κ2) is 6.44. The number of nitrogens with one attached hydrogen (secondary N) is 1. The zero-order chi connectivity index (χ0) is 17.2. The summed E-state index contributed by atoms with van der Waals surface area (Å²) in [6.07, 6.45) is -0.277. The molecule has 2 aromatic rings. The van der Waals surface area contributed by atoms with Crippen LogP contribution >= 0.6 is 0 Å². The van der Waals surface area contributed by atoms with Crippen LogP contribution < -0.4 is 5.32 Å². The lowest BCUT2D eigenvalue weighted by Gasteiger charge is -2.23. The van der Waals surface area contributed by atoms with Gasteiger partial charge in [0, 0.05) is 17.8 Å². The van der Waals surface area contributed by atoms with Crippen LogP contribution in [0.15, 0.2) is 28.7 Å². The van der Waals surface area contributed by atoms with Crippen molar-refractivity contribution in [2.45, 2.75) is 52.7 Å². The number of hydrogen-bond donors (Lipinski definition) is 1. The quantitative estimate of drug-likeness (QED) is 0.876. The molecule has 0 spiro atoms. The maximum Gasteiger partial charge on any atom is 0.303 e. The molecule has 0 unspecified atom stereocenters. The van der Waals surface area contributed by atoms with Crippen molar-refractivity contribution in [3.63, 3.8) is 0 Å². The zero-order valence-corrected chi connectivity index (χ0v) is 14.2. The molecule has 2 rings (SSSR count). The summed E-state index contributed by atoms with van der Waals surface area (Å²) in [7, 11) is 0. The Hall–Kier alpha value is -2.30. The average Bonchev–Trinajstić information content (AvgIpc) is 2.85. The Morgan fingerprint density at radius 1 is 1.30 bits per heavy atom. The number of carbonyl (C=O) groups is 2. The van der Waals surface area contributed by atoms with Gasteiger partial charge in [0.05, 0.1) is 0 Å². The molecule has 1 atom stereocenters. The fraction of sp³-hybridized carbons (Fsp3) is 0.444. The van der Waals surface area contributed by atoms with Gasteiger partial charge in [-0.25, -0.2) is 0 Å². The Kier molecular flexibility index (Phi) is 4.78. The van der Waals surface area contributed by atoms with Gasteiger partial charge in [-0.2, -0.15) is 0 Å². The number of rotatable bonds is 4. The minimum Gasteiger partial charge on any atom is -0.456 e. The van der Waals surface area contributed by atoms with Crippen molar-refractivity contribution in [3.8, 4) is 0 Å². The molecule has 5 heteroatoms. The van der Waals surface area contributed by atoms with Crippen LogP contribution in [0.4, 0.5) is 0 Å². The van der Waals surface area contributed by atoms with Gasteiger partial charge >= 0.3 is 5.97 Å². The van der Waals surface area contributed by atoms with E-state index in [4.69, 9.17) is 9.15 Å². The Balaban J connectivity index is 2.43. The fourth-order valence-electron chi connectivity index (χ4n) is 2.39. The minimum atomic E-state index is -1.09. The number of amides is 1. The largest absolute Gasteiger partial charge is 0.456 e. The smallest absolute Gasteiger partial charge is 0.303 e. The van der Waals surface area contributed by atoms with Crippen LogP contribution in [0.2, 0.25) is 0 Å². The number of furan rings is 1. The summed E-state index contributed by atoms with van der Waals surface area (Å²) < 4.78 is 11.1. The molecule has 0 aliphatic carbocycles. The molecule has 1 heterocycles. The first kappa shape index (κ1) is 17.1. The second-order valence-electron chi connectivity index (χ2n) is 6.57. The van der Waals surface area contributed by atoms with Crippen molar-refractivity contribution in [3.05, 3.63) is 35.6 Å². The average molecular weight is 317 g/mol. The third-order valence-corrected chi connectivity index (χ3v) is 3.30. The highest BCUT2D eigenvalue weighted by atomic mass is 16.6. The molecular weight excluding hydrogens is 294 g/mol. The topological polar surface area (TPSA) is 68.5 Å². The van der Waals surface area contributed by atoms with E-state index >= 15 is 0 Å². The molecular formula is C18H23NO4. The molecule has 0 radical (unpaired) electrons. The van der Waals surface area contributed by atoms with Crippen LogP contribution in [0.5, 0.6) is 0 Å². The van der Waals surface area contributed by atoms with E-state index in [0.717, 1.165) is 23.0 Å². The summed E-state index contributed by atoms with van der Waals surface area (Å²) in [6.45, 7) is 8.90. The van der Waals surface area contributed by atoms with E-state index in [1.54, 1.807) is 6.07 Å². The first-order chi connectivity index (χ1) is 10.7. The van der Waals surface area contributed by atoms with Crippen molar-refractivity contribution in [2.24, 2.45) is 0 Å². The predicted octanol–water partition coefficient (Wildman–Crippen LogP) is 3.51. The molecule has 1 amide bonds. The van der Waals surface area contributed by atoms with Gasteiger partial charge in [-0.3, -0.25) is 9.59 Å². The standard InChI is InChI=1S/C18H23NO4/c1-6-12-8-7-9-13-10-14(23-15(12)13)16(22-11(2)20)17(21)19-18(3,4)5/h7-10,16H,6H2,1-5H3,(H,19,21)/t16-/m1/s1. The Morgan fingerprint density at radius 3 is 2.57 bits per heavy atom. The molecule has 23 heavy (non-hydrogen) atoms. The van der Waals surface area contributed by atoms with Gasteiger partial charge < -0.3 is 14.5 Å². The number of ether oxygens (including phenoxy) is 1. The van der Waals surface area contributed by atoms with Crippen LogP contribution in [-0.4, -0.2) is 17.4 Å². The van der Waals surface area contributed by atoms with E-state index in [-0.39, 0.29) is 0 Å². The lowest BCUT2D eigenvalue weighted by molar-refractivity contribution is -0.156. The third kappa shape index (κ3) is 4.12. The zero-order valence-electron chi connectivity index (χ0n) is 14.2. The Bertz CT molecular complexity index is 724. The molecule has 0 aliphatic heterocycles. The summed E-state index contributed by atoms with van der Waals surface area (Å²) in [5, 5.41) is 3.71. The summed E-state index contributed by atoms with van der Waals surface area (Å²) in [5.41, 5.74) is 1.34. The first-order valence-electron chi connectivity index (χ1n) is 7.72. The van der Waals surface area contributed by atoms with Crippen molar-refractivity contribution in [2.75, 3.05) is 0 Å². The summed E-state index contributed by atoms with van der Waals surface area (Å²) in [5.74, 6) is -0.599. The fourth-order valence-corrected chi connectivity index (χ4v) is 2.39. The van der Waals surface area contributed by atoms with Gasteiger partial charge in [0.15, 0.2) is 5.76 Å². The second-order valence-corrected chi connectivity index (χ2v) is 6.57. The normalized spacial score (nSPS) is 12.9. The molecule has 1 N–H and O–H groups in total. The molecule has 0 saturated carbocycles. The maximum atomic E-state index is 12.5. The predicted molar refractivity (Wildman–Crippen MR) is 88.0 cm³/mol. The van der Waals surface area contributed by atoms with Gasteiger partial charge in [-0.1, -0.05) is 25.1 Å². The lowest BCUT2D eigenvalue weighted by Crippen LogP contribution is -2.44. The monoisotopic (exact) mass is 317 g/mol. The van der Waals surface area contributed by atoms with E-state index in [9.17, 15) is 9.59 Å². The number of aryl methyl sites for hydroxylation is 1. The van der Waals surface area contributed by atoms with Crippen LogP contribution in [-0.2, 0) is 20.7 Å². The third-order valence-electron chi connectivity index (χ3n) is 3.30. The van der Waals surface area contributed by atoms with E-state index in [1.165, 1.54) is 6.92 Å². The van der Waals surface area contributed by atoms with Crippen molar-refractivity contribution in [1.29, 1.82) is 0 Å². The summed E-state index contributed by atoms with van der Waals surface area (Å²) in [4.78, 5) is 23.9. The SMILES string of the molecule is CCc1cccc2cc([C@@H](OC(C)=O)C(=O)NC(C)(C)C)oc12. The highest BCUT2D eigenvalue weighted by Gasteiger charge is 2.30. The maximum absolute atomic E-state index is 12.5. The van der Waals surface area contributed by atoms with Crippen LogP contribution in [0, 0.1) is 0 Å². The van der Waals surface area contributed by atoms with Gasteiger partial charge in [0.25, 0.3) is 5.91 Å². The molecule has 1 aromatic heterocycles.